The fraction of sp³-hybridized carbons (Fsp3) is 0.143. The van der Waals surface area contributed by atoms with E-state index in [0.717, 1.165) is 11.1 Å². The minimum Gasteiger partial charge on any atom is -0.420 e. The first-order valence-electron chi connectivity index (χ1n) is 9.55. The summed E-state index contributed by atoms with van der Waals surface area (Å²) >= 11 is 1.43. The highest BCUT2D eigenvalue weighted by atomic mass is 32.2. The van der Waals surface area contributed by atoms with E-state index >= 15 is 0 Å². The predicted octanol–water partition coefficient (Wildman–Crippen LogP) is 4.03. The van der Waals surface area contributed by atoms with E-state index in [2.05, 4.69) is 30.9 Å². The van der Waals surface area contributed by atoms with E-state index in [0.29, 0.717) is 46.3 Å². The second kappa shape index (κ2) is 8.52. The summed E-state index contributed by atoms with van der Waals surface area (Å²) in [7, 11) is 0. The summed E-state index contributed by atoms with van der Waals surface area (Å²) in [5.74, 6) is 1.90. The molecular formula is C21H17N7O2S. The van der Waals surface area contributed by atoms with Crippen molar-refractivity contribution < 1.29 is 8.94 Å². The first-order valence-corrected chi connectivity index (χ1v) is 10.5. The summed E-state index contributed by atoms with van der Waals surface area (Å²) in [6, 6.07) is 19.8. The Kier molecular flexibility index (Phi) is 5.28. The number of benzene rings is 2. The van der Waals surface area contributed by atoms with Crippen LogP contribution in [0.5, 0.6) is 0 Å². The van der Waals surface area contributed by atoms with Crippen LogP contribution in [-0.4, -0.2) is 35.6 Å². The van der Waals surface area contributed by atoms with E-state index in [1.165, 1.54) is 11.8 Å². The van der Waals surface area contributed by atoms with E-state index < -0.39 is 0 Å². The number of hydrogen-bond acceptors (Lipinski definition) is 9. The van der Waals surface area contributed by atoms with Crippen molar-refractivity contribution in [3.8, 4) is 22.7 Å². The lowest BCUT2D eigenvalue weighted by molar-refractivity contribution is 0.399. The fourth-order valence-electron chi connectivity index (χ4n) is 3.11. The Morgan fingerprint density at radius 3 is 2.52 bits per heavy atom. The zero-order chi connectivity index (χ0) is 21.0. The summed E-state index contributed by atoms with van der Waals surface area (Å²) in [5, 5.41) is 25.2. The van der Waals surface area contributed by atoms with Crippen LogP contribution in [0.2, 0.25) is 0 Å². The van der Waals surface area contributed by atoms with Gasteiger partial charge in [-0.05, 0) is 22.9 Å². The predicted molar refractivity (Wildman–Crippen MR) is 113 cm³/mol. The second-order valence-corrected chi connectivity index (χ2v) is 7.67. The zero-order valence-electron chi connectivity index (χ0n) is 16.5. The molecule has 0 radical (unpaired) electrons. The molecule has 10 heteroatoms. The summed E-state index contributed by atoms with van der Waals surface area (Å²) < 4.78 is 13.0. The Hall–Kier alpha value is -3.79. The number of rotatable bonds is 7. The van der Waals surface area contributed by atoms with E-state index in [4.69, 9.17) is 8.94 Å². The third-order valence-corrected chi connectivity index (χ3v) is 5.53. The lowest BCUT2D eigenvalue weighted by Gasteiger charge is -2.03. The minimum atomic E-state index is 0.372. The van der Waals surface area contributed by atoms with Crippen molar-refractivity contribution in [1.29, 1.82) is 0 Å². The van der Waals surface area contributed by atoms with Crippen molar-refractivity contribution >= 4 is 11.8 Å². The molecule has 0 aliphatic heterocycles. The third kappa shape index (κ3) is 4.10. The normalized spacial score (nSPS) is 11.1. The van der Waals surface area contributed by atoms with Gasteiger partial charge in [-0.1, -0.05) is 77.6 Å². The smallest absolute Gasteiger partial charge is 0.253 e. The van der Waals surface area contributed by atoms with E-state index in [1.54, 1.807) is 4.68 Å². The number of nitrogens with zero attached hydrogens (tertiary/aromatic N) is 7. The van der Waals surface area contributed by atoms with Gasteiger partial charge in [0.1, 0.15) is 17.0 Å². The van der Waals surface area contributed by atoms with Gasteiger partial charge in [0.05, 0.1) is 12.3 Å². The average Bonchev–Trinajstić information content (AvgIpc) is 3.53. The molecule has 2 aromatic carbocycles. The monoisotopic (exact) mass is 431 g/mol. The van der Waals surface area contributed by atoms with Gasteiger partial charge in [-0.3, -0.25) is 0 Å². The quantitative estimate of drug-likeness (QED) is 0.353. The Balaban J connectivity index is 1.32. The molecule has 0 bridgehead atoms. The Bertz CT molecular complexity index is 1280. The topological polar surface area (TPSA) is 109 Å². The van der Waals surface area contributed by atoms with Crippen molar-refractivity contribution in [3.05, 3.63) is 77.9 Å². The van der Waals surface area contributed by atoms with Crippen molar-refractivity contribution in [2.45, 2.75) is 24.4 Å². The highest BCUT2D eigenvalue weighted by Gasteiger charge is 2.22. The lowest BCUT2D eigenvalue weighted by Crippen LogP contribution is -2.03. The largest absolute Gasteiger partial charge is 0.420 e. The summed E-state index contributed by atoms with van der Waals surface area (Å²) in [6.07, 6.45) is 0. The van der Waals surface area contributed by atoms with Gasteiger partial charge in [-0.2, -0.15) is 0 Å². The Morgan fingerprint density at radius 1 is 0.935 bits per heavy atom. The van der Waals surface area contributed by atoms with Gasteiger partial charge in [-0.25, -0.2) is 4.68 Å². The van der Waals surface area contributed by atoms with Crippen molar-refractivity contribution in [2.75, 3.05) is 0 Å². The third-order valence-electron chi connectivity index (χ3n) is 4.59. The van der Waals surface area contributed by atoms with E-state index in [1.807, 2.05) is 67.6 Å². The number of aromatic nitrogens is 7. The molecule has 5 rings (SSSR count). The van der Waals surface area contributed by atoms with Crippen molar-refractivity contribution in [3.63, 3.8) is 0 Å². The summed E-state index contributed by atoms with van der Waals surface area (Å²) in [6.45, 7) is 2.41. The molecule has 3 aromatic heterocycles. The Morgan fingerprint density at radius 2 is 1.71 bits per heavy atom. The molecule has 0 saturated heterocycles. The highest BCUT2D eigenvalue weighted by Crippen LogP contribution is 2.34. The maximum Gasteiger partial charge on any atom is 0.253 e. The van der Waals surface area contributed by atoms with Crippen LogP contribution in [0.4, 0.5) is 0 Å². The molecule has 5 aromatic rings. The maximum atomic E-state index is 5.91. The van der Waals surface area contributed by atoms with E-state index in [9.17, 15) is 0 Å². The van der Waals surface area contributed by atoms with Crippen molar-refractivity contribution in [2.24, 2.45) is 0 Å². The van der Waals surface area contributed by atoms with Gasteiger partial charge in [0, 0.05) is 5.56 Å². The van der Waals surface area contributed by atoms with Crippen LogP contribution in [0.3, 0.4) is 0 Å². The van der Waals surface area contributed by atoms with Crippen LogP contribution in [0.25, 0.3) is 22.7 Å². The number of tetrazole rings is 1. The van der Waals surface area contributed by atoms with Gasteiger partial charge < -0.3 is 8.94 Å². The molecule has 0 unspecified atom stereocenters. The standard InChI is InChI=1S/C21H17N7O2S/c1-14-18(19(25-30-14)16-10-6-3-7-11-16)20-23-22-17(29-20)13-31-21-24-26-27-28(21)12-15-8-4-2-5-9-15/h2-11H,12-13H2,1H3. The number of thioether (sulfide) groups is 1. The minimum absolute atomic E-state index is 0.372. The molecular weight excluding hydrogens is 414 g/mol. The summed E-state index contributed by atoms with van der Waals surface area (Å²) in [5.41, 5.74) is 3.41. The van der Waals surface area contributed by atoms with Gasteiger partial charge >= 0.3 is 0 Å². The molecule has 0 atom stereocenters. The molecule has 9 nitrogen and oxygen atoms in total. The summed E-state index contributed by atoms with van der Waals surface area (Å²) in [4.78, 5) is 0. The van der Waals surface area contributed by atoms with Crippen LogP contribution in [0.1, 0.15) is 17.2 Å². The van der Waals surface area contributed by atoms with Crippen molar-refractivity contribution in [1.82, 2.24) is 35.6 Å². The average molecular weight is 431 g/mol. The SMILES string of the molecule is Cc1onc(-c2ccccc2)c1-c1nnc(CSc2nnnn2Cc2ccccc2)o1. The molecule has 0 N–H and O–H groups in total. The van der Waals surface area contributed by atoms with Gasteiger partial charge in [0.15, 0.2) is 0 Å². The van der Waals surface area contributed by atoms with Crippen LogP contribution >= 0.6 is 11.8 Å². The molecule has 0 saturated carbocycles. The van der Waals surface area contributed by atoms with Crippen LogP contribution in [0.15, 0.2) is 74.8 Å². The molecule has 0 aliphatic carbocycles. The van der Waals surface area contributed by atoms with Crippen LogP contribution in [0, 0.1) is 6.92 Å². The fourth-order valence-corrected chi connectivity index (χ4v) is 3.83. The lowest BCUT2D eigenvalue weighted by atomic mass is 10.1. The number of hydrogen-bond donors (Lipinski definition) is 0. The molecule has 3 heterocycles. The van der Waals surface area contributed by atoms with Gasteiger partial charge in [-0.15, -0.1) is 15.3 Å². The Labute approximate surface area is 181 Å². The second-order valence-electron chi connectivity index (χ2n) is 6.72. The molecule has 31 heavy (non-hydrogen) atoms. The number of aryl methyl sites for hydroxylation is 1. The first kappa shape index (κ1) is 19.2. The first-order chi connectivity index (χ1) is 15.3. The van der Waals surface area contributed by atoms with Gasteiger partial charge in [0.2, 0.25) is 11.0 Å². The molecule has 0 amide bonds. The molecule has 0 fully saturated rings. The van der Waals surface area contributed by atoms with Gasteiger partial charge in [0.25, 0.3) is 5.89 Å². The van der Waals surface area contributed by atoms with Crippen LogP contribution in [-0.2, 0) is 12.3 Å². The zero-order valence-corrected chi connectivity index (χ0v) is 17.4. The molecule has 0 spiro atoms. The van der Waals surface area contributed by atoms with Crippen LogP contribution < -0.4 is 0 Å². The molecule has 0 aliphatic rings. The maximum absolute atomic E-state index is 5.91. The van der Waals surface area contributed by atoms with E-state index in [-0.39, 0.29) is 0 Å². The highest BCUT2D eigenvalue weighted by molar-refractivity contribution is 7.98. The molecule has 154 valence electrons.